The van der Waals surface area contributed by atoms with Crippen LogP contribution in [0.3, 0.4) is 0 Å². The van der Waals surface area contributed by atoms with E-state index in [1.54, 1.807) is 6.07 Å². The van der Waals surface area contributed by atoms with Crippen LogP contribution in [0.2, 0.25) is 0 Å². The molecule has 0 atom stereocenters. The maximum Gasteiger partial charge on any atom is 0.411 e. The molecule has 1 aromatic heterocycles. The number of halogens is 1. The van der Waals surface area contributed by atoms with Crippen molar-refractivity contribution >= 4 is 45.9 Å². The van der Waals surface area contributed by atoms with Gasteiger partial charge in [-0.05, 0) is 48.9 Å². The van der Waals surface area contributed by atoms with Crippen molar-refractivity contribution in [3.8, 4) is 0 Å². The minimum Gasteiger partial charge on any atom is -0.465 e. The molecule has 5 rings (SSSR count). The number of carbonyl (C=O) groups excluding carboxylic acids is 2. The van der Waals surface area contributed by atoms with Crippen molar-refractivity contribution < 1.29 is 28.6 Å². The number of nitrogens with one attached hydrogen (secondary N) is 2. The van der Waals surface area contributed by atoms with Crippen molar-refractivity contribution in [3.05, 3.63) is 53.0 Å². The number of amides is 2. The number of carboxylic acid groups (broad SMARTS) is 1. The second-order valence-electron chi connectivity index (χ2n) is 8.86. The summed E-state index contributed by atoms with van der Waals surface area (Å²) in [6, 6.07) is 7.93. The van der Waals surface area contributed by atoms with E-state index in [-0.39, 0.29) is 16.9 Å². The normalized spacial score (nSPS) is 14.7. The Morgan fingerprint density at radius 2 is 1.97 bits per heavy atom. The number of rotatable bonds is 6. The average Bonchev–Trinajstić information content (AvgIpc) is 3.41. The van der Waals surface area contributed by atoms with Gasteiger partial charge in [0.25, 0.3) is 5.91 Å². The second-order valence-corrected chi connectivity index (χ2v) is 8.86. The Labute approximate surface area is 200 Å². The molecule has 182 valence electrons. The zero-order valence-electron chi connectivity index (χ0n) is 19.4. The summed E-state index contributed by atoms with van der Waals surface area (Å²) in [7, 11) is 2.71. The molecule has 2 amide bonds. The van der Waals surface area contributed by atoms with Crippen LogP contribution in [-0.2, 0) is 17.7 Å². The van der Waals surface area contributed by atoms with Crippen LogP contribution in [0.15, 0.2) is 30.3 Å². The molecule has 1 aliphatic carbocycles. The number of aromatic nitrogens is 1. The number of fused-ring (bicyclic) bond motifs is 3. The Morgan fingerprint density at radius 3 is 2.63 bits per heavy atom. The topological polar surface area (TPSA) is 113 Å². The van der Waals surface area contributed by atoms with Crippen molar-refractivity contribution in [2.45, 2.75) is 25.8 Å². The first kappa shape index (κ1) is 22.7. The number of ether oxygens (including phenoxy) is 1. The van der Waals surface area contributed by atoms with Gasteiger partial charge in [-0.15, -0.1) is 0 Å². The summed E-state index contributed by atoms with van der Waals surface area (Å²) in [6.45, 7) is 0.941. The summed E-state index contributed by atoms with van der Waals surface area (Å²) in [5, 5.41) is 16.0. The third-order valence-corrected chi connectivity index (χ3v) is 6.60. The predicted octanol–water partition coefficient (Wildman–Crippen LogP) is 4.31. The van der Waals surface area contributed by atoms with Gasteiger partial charge in [0.15, 0.2) is 0 Å². The van der Waals surface area contributed by atoms with E-state index in [9.17, 15) is 23.9 Å². The summed E-state index contributed by atoms with van der Waals surface area (Å²) < 4.78 is 21.2. The largest absolute Gasteiger partial charge is 0.465 e. The van der Waals surface area contributed by atoms with Gasteiger partial charge in [0.05, 0.1) is 35.3 Å². The molecule has 0 saturated heterocycles. The highest BCUT2D eigenvalue weighted by Crippen LogP contribution is 2.40. The lowest BCUT2D eigenvalue weighted by Gasteiger charge is -2.18. The van der Waals surface area contributed by atoms with E-state index < -0.39 is 23.8 Å². The van der Waals surface area contributed by atoms with Gasteiger partial charge in [-0.2, -0.15) is 0 Å². The Balaban J connectivity index is 1.61. The first-order valence-corrected chi connectivity index (χ1v) is 11.4. The van der Waals surface area contributed by atoms with Crippen LogP contribution >= 0.6 is 0 Å². The highest BCUT2D eigenvalue weighted by molar-refractivity contribution is 6.11. The van der Waals surface area contributed by atoms with Gasteiger partial charge < -0.3 is 25.0 Å². The smallest absolute Gasteiger partial charge is 0.411 e. The Bertz CT molecular complexity index is 1380. The van der Waals surface area contributed by atoms with Gasteiger partial charge in [-0.3, -0.25) is 9.69 Å². The Hall–Kier alpha value is -4.08. The first-order chi connectivity index (χ1) is 16.8. The molecule has 3 aromatic rings. The molecule has 0 spiro atoms. The number of esters is 1. The maximum atomic E-state index is 14.7. The number of carbonyl (C=O) groups is 3. The quantitative estimate of drug-likeness (QED) is 0.453. The fraction of sp³-hybridized carbons (Fsp3) is 0.320. The van der Waals surface area contributed by atoms with Crippen molar-refractivity contribution in [2.75, 3.05) is 36.2 Å². The highest BCUT2D eigenvalue weighted by Gasteiger charge is 2.32. The molecule has 3 N–H and O–H groups in total. The number of hydrogen-bond acceptors (Lipinski definition) is 5. The lowest BCUT2D eigenvalue weighted by molar-refractivity contribution is 0.0600. The number of anilines is 3. The van der Waals surface area contributed by atoms with Crippen LogP contribution in [0.5, 0.6) is 0 Å². The summed E-state index contributed by atoms with van der Waals surface area (Å²) in [6.07, 6.45) is 1.65. The van der Waals surface area contributed by atoms with Gasteiger partial charge in [0, 0.05) is 25.5 Å². The van der Waals surface area contributed by atoms with E-state index in [1.165, 1.54) is 25.1 Å². The number of nitrogens with zero attached hydrogens (tertiary/aromatic N) is 2. The molecule has 0 unspecified atom stereocenters. The van der Waals surface area contributed by atoms with Crippen molar-refractivity contribution in [3.63, 3.8) is 0 Å². The third kappa shape index (κ3) is 3.94. The second kappa shape index (κ2) is 8.61. The third-order valence-electron chi connectivity index (χ3n) is 6.60. The summed E-state index contributed by atoms with van der Waals surface area (Å²) in [5.41, 5.74) is 2.68. The van der Waals surface area contributed by atoms with E-state index in [0.717, 1.165) is 29.9 Å². The van der Waals surface area contributed by atoms with Crippen LogP contribution in [0.4, 0.5) is 26.2 Å². The number of methoxy groups -OCH3 is 1. The lowest BCUT2D eigenvalue weighted by Crippen LogP contribution is -2.27. The van der Waals surface area contributed by atoms with Gasteiger partial charge in [-0.1, -0.05) is 12.1 Å². The minimum absolute atomic E-state index is 0.0345. The van der Waals surface area contributed by atoms with Crippen LogP contribution in [0, 0.1) is 11.7 Å². The fourth-order valence-corrected chi connectivity index (χ4v) is 4.74. The Kier molecular flexibility index (Phi) is 5.58. The molecule has 9 nitrogen and oxygen atoms in total. The van der Waals surface area contributed by atoms with Crippen LogP contribution in [0.1, 0.15) is 39.3 Å². The zero-order chi connectivity index (χ0) is 24.9. The minimum atomic E-state index is -1.03. The fourth-order valence-electron chi connectivity index (χ4n) is 4.74. The Morgan fingerprint density at radius 1 is 1.20 bits per heavy atom. The molecule has 1 fully saturated rings. The van der Waals surface area contributed by atoms with Gasteiger partial charge in [0.2, 0.25) is 0 Å². The van der Waals surface area contributed by atoms with E-state index in [4.69, 9.17) is 4.74 Å². The monoisotopic (exact) mass is 480 g/mol. The molecule has 2 heterocycles. The molecule has 1 aliphatic heterocycles. The van der Waals surface area contributed by atoms with Gasteiger partial charge in [-0.25, -0.2) is 14.0 Å². The van der Waals surface area contributed by atoms with E-state index in [2.05, 4.69) is 10.6 Å². The lowest BCUT2D eigenvalue weighted by atomic mass is 10.1. The number of benzene rings is 2. The zero-order valence-corrected chi connectivity index (χ0v) is 19.4. The molecule has 10 heteroatoms. The molecule has 0 bridgehead atoms. The maximum absolute atomic E-state index is 14.7. The van der Waals surface area contributed by atoms with Crippen molar-refractivity contribution in [1.82, 2.24) is 4.57 Å². The van der Waals surface area contributed by atoms with Gasteiger partial charge in [0.1, 0.15) is 11.5 Å². The molecule has 1 saturated carbocycles. The standard InChI is InChI=1S/C25H25FN4O5/c1-27-20-17(26)9-16(24(32)35-2)10-18(20)28-23(31)19-11-15-6-5-14-7-8-29(25(33)34)21(14)22(15)30(19)12-13-3-4-13/h5-6,9-11,13,27H,3-4,7-8,12H2,1-2H3,(H,28,31)(H,33,34). The van der Waals surface area contributed by atoms with Crippen LogP contribution < -0.4 is 15.5 Å². The highest BCUT2D eigenvalue weighted by atomic mass is 19.1. The van der Waals surface area contributed by atoms with Crippen molar-refractivity contribution in [2.24, 2.45) is 5.92 Å². The first-order valence-electron chi connectivity index (χ1n) is 11.4. The SMILES string of the molecule is CNc1c(F)cc(C(=O)OC)cc1NC(=O)c1cc2ccc3c(c2n1CC1CC1)N(C(=O)O)CC3. The van der Waals surface area contributed by atoms with E-state index in [0.29, 0.717) is 42.3 Å². The predicted molar refractivity (Wildman–Crippen MR) is 129 cm³/mol. The average molecular weight is 480 g/mol. The summed E-state index contributed by atoms with van der Waals surface area (Å²) >= 11 is 0. The van der Waals surface area contributed by atoms with Crippen molar-refractivity contribution in [1.29, 1.82) is 0 Å². The molecular weight excluding hydrogens is 455 g/mol. The molecule has 2 aromatic carbocycles. The van der Waals surface area contributed by atoms with E-state index in [1.807, 2.05) is 16.7 Å². The molecular formula is C25H25FN4O5. The van der Waals surface area contributed by atoms with Crippen LogP contribution in [-0.4, -0.2) is 48.3 Å². The summed E-state index contributed by atoms with van der Waals surface area (Å²) in [5.74, 6) is -1.53. The molecule has 2 aliphatic rings. The molecule has 0 radical (unpaired) electrons. The van der Waals surface area contributed by atoms with Gasteiger partial charge >= 0.3 is 12.1 Å². The molecule has 35 heavy (non-hydrogen) atoms. The van der Waals surface area contributed by atoms with E-state index >= 15 is 0 Å². The van der Waals surface area contributed by atoms with Crippen LogP contribution in [0.25, 0.3) is 10.9 Å². The number of hydrogen-bond donors (Lipinski definition) is 3. The summed E-state index contributed by atoms with van der Waals surface area (Å²) in [4.78, 5) is 38.7.